The summed E-state index contributed by atoms with van der Waals surface area (Å²) < 4.78 is 11.1. The number of ether oxygens (including phenoxy) is 2. The molecule has 0 aliphatic carbocycles. The van der Waals surface area contributed by atoms with Crippen molar-refractivity contribution in [1.82, 2.24) is 15.3 Å². The molecule has 0 fully saturated rings. The Morgan fingerprint density at radius 1 is 1.10 bits per heavy atom. The first kappa shape index (κ1) is 18.8. The molecular formula is C20H18ClN5O3. The van der Waals surface area contributed by atoms with Gasteiger partial charge in [-0.05, 0) is 24.3 Å². The zero-order chi connectivity index (χ0) is 20.4. The van der Waals surface area contributed by atoms with E-state index in [4.69, 9.17) is 21.1 Å². The van der Waals surface area contributed by atoms with Crippen LogP contribution in [0.4, 0.5) is 23.1 Å². The number of carbonyl (C=O) groups is 1. The van der Waals surface area contributed by atoms with Crippen LogP contribution in [0.1, 0.15) is 17.3 Å². The number of nitrogens with zero attached hydrogens (tertiary/aromatic N) is 2. The molecule has 1 aromatic heterocycles. The predicted octanol–water partition coefficient (Wildman–Crippen LogP) is 4.09. The van der Waals surface area contributed by atoms with E-state index in [0.29, 0.717) is 39.5 Å². The number of nitrogens with one attached hydrogen (secondary N) is 3. The standard InChI is InChI=1S/C20H18ClN5O3/c1-11-28-16-8-7-12(9-17(16)29-11)24-20-23-10-14(21)18(26-20)25-15-6-4-3-5-13(15)19(27)22-2/h3-11H,1-2H3,(H,22,27)(H2,23,24,25,26). The molecule has 0 bridgehead atoms. The number of fused-ring (bicyclic) bond motifs is 1. The van der Waals surface area contributed by atoms with Crippen molar-refractivity contribution in [3.63, 3.8) is 0 Å². The van der Waals surface area contributed by atoms with Crippen LogP contribution in [0.3, 0.4) is 0 Å². The molecule has 4 rings (SSSR count). The molecule has 1 unspecified atom stereocenters. The quantitative estimate of drug-likeness (QED) is 0.581. The number of benzene rings is 2. The maximum atomic E-state index is 12.1. The van der Waals surface area contributed by atoms with Crippen LogP contribution < -0.4 is 25.4 Å². The molecule has 8 nitrogen and oxygen atoms in total. The second-order valence-corrected chi connectivity index (χ2v) is 6.64. The van der Waals surface area contributed by atoms with Gasteiger partial charge in [0, 0.05) is 25.7 Å². The van der Waals surface area contributed by atoms with E-state index in [9.17, 15) is 4.79 Å². The van der Waals surface area contributed by atoms with Gasteiger partial charge in [-0.15, -0.1) is 0 Å². The van der Waals surface area contributed by atoms with Gasteiger partial charge in [-0.2, -0.15) is 4.98 Å². The van der Waals surface area contributed by atoms with Crippen molar-refractivity contribution in [2.24, 2.45) is 0 Å². The zero-order valence-electron chi connectivity index (χ0n) is 15.7. The Bertz CT molecular complexity index is 1080. The molecule has 29 heavy (non-hydrogen) atoms. The summed E-state index contributed by atoms with van der Waals surface area (Å²) in [5, 5.41) is 9.15. The first-order chi connectivity index (χ1) is 14.0. The molecule has 0 saturated heterocycles. The number of amides is 1. The number of hydrogen-bond donors (Lipinski definition) is 3. The minimum absolute atomic E-state index is 0.216. The van der Waals surface area contributed by atoms with E-state index >= 15 is 0 Å². The molecule has 1 aliphatic rings. The number of halogens is 1. The fraction of sp³-hybridized carbons (Fsp3) is 0.150. The fourth-order valence-electron chi connectivity index (χ4n) is 2.85. The third kappa shape index (κ3) is 4.02. The number of para-hydroxylation sites is 1. The number of carbonyl (C=O) groups excluding carboxylic acids is 1. The normalized spacial score (nSPS) is 14.4. The van der Waals surface area contributed by atoms with Crippen LogP contribution in [0.15, 0.2) is 48.7 Å². The van der Waals surface area contributed by atoms with Gasteiger partial charge in [0.2, 0.25) is 12.2 Å². The van der Waals surface area contributed by atoms with Crippen LogP contribution in [-0.4, -0.2) is 29.2 Å². The van der Waals surface area contributed by atoms with Gasteiger partial charge >= 0.3 is 0 Å². The molecule has 0 spiro atoms. The largest absolute Gasteiger partial charge is 0.451 e. The lowest BCUT2D eigenvalue weighted by atomic mass is 10.1. The van der Waals surface area contributed by atoms with Crippen LogP contribution >= 0.6 is 11.6 Å². The summed E-state index contributed by atoms with van der Waals surface area (Å²) in [6.07, 6.45) is 1.17. The third-order valence-electron chi connectivity index (χ3n) is 4.18. The average Bonchev–Trinajstić information content (AvgIpc) is 3.09. The monoisotopic (exact) mass is 411 g/mol. The Labute approximate surface area is 172 Å². The van der Waals surface area contributed by atoms with E-state index in [2.05, 4.69) is 25.9 Å². The molecule has 1 aliphatic heterocycles. The fourth-order valence-corrected chi connectivity index (χ4v) is 2.99. The van der Waals surface area contributed by atoms with Crippen molar-refractivity contribution < 1.29 is 14.3 Å². The third-order valence-corrected chi connectivity index (χ3v) is 4.46. The number of hydrogen-bond acceptors (Lipinski definition) is 7. The van der Waals surface area contributed by atoms with E-state index < -0.39 is 0 Å². The molecule has 3 N–H and O–H groups in total. The van der Waals surface area contributed by atoms with Crippen molar-refractivity contribution in [2.45, 2.75) is 13.2 Å². The first-order valence-electron chi connectivity index (χ1n) is 8.88. The van der Waals surface area contributed by atoms with Crippen molar-refractivity contribution in [3.8, 4) is 11.5 Å². The molecule has 148 valence electrons. The van der Waals surface area contributed by atoms with Gasteiger partial charge in [0.25, 0.3) is 5.91 Å². The Morgan fingerprint density at radius 2 is 1.90 bits per heavy atom. The molecular weight excluding hydrogens is 394 g/mol. The van der Waals surface area contributed by atoms with Gasteiger partial charge in [-0.25, -0.2) is 4.98 Å². The van der Waals surface area contributed by atoms with Gasteiger partial charge in [0.05, 0.1) is 17.4 Å². The second kappa shape index (κ2) is 7.84. The van der Waals surface area contributed by atoms with Crippen molar-refractivity contribution >= 4 is 40.6 Å². The highest BCUT2D eigenvalue weighted by molar-refractivity contribution is 6.33. The Kier molecular flexibility index (Phi) is 5.09. The summed E-state index contributed by atoms with van der Waals surface area (Å²) in [7, 11) is 1.57. The number of rotatable bonds is 5. The average molecular weight is 412 g/mol. The van der Waals surface area contributed by atoms with Gasteiger partial charge < -0.3 is 25.4 Å². The summed E-state index contributed by atoms with van der Waals surface area (Å²) in [6.45, 7) is 1.82. The molecule has 2 heterocycles. The smallest absolute Gasteiger partial charge is 0.253 e. The lowest BCUT2D eigenvalue weighted by Gasteiger charge is -2.13. The summed E-state index contributed by atoms with van der Waals surface area (Å²) in [6, 6.07) is 12.5. The highest BCUT2D eigenvalue weighted by atomic mass is 35.5. The lowest BCUT2D eigenvalue weighted by molar-refractivity contribution is 0.0678. The predicted molar refractivity (Wildman–Crippen MR) is 111 cm³/mol. The summed E-state index contributed by atoms with van der Waals surface area (Å²) in [5.41, 5.74) is 1.79. The maximum absolute atomic E-state index is 12.1. The van der Waals surface area contributed by atoms with Crippen LogP contribution in [0.5, 0.6) is 11.5 Å². The minimum Gasteiger partial charge on any atom is -0.451 e. The molecule has 1 atom stereocenters. The molecule has 2 aromatic carbocycles. The van der Waals surface area contributed by atoms with Crippen molar-refractivity contribution in [1.29, 1.82) is 0 Å². The van der Waals surface area contributed by atoms with Crippen molar-refractivity contribution in [2.75, 3.05) is 17.7 Å². The summed E-state index contributed by atoms with van der Waals surface area (Å²) in [4.78, 5) is 20.7. The maximum Gasteiger partial charge on any atom is 0.253 e. The van der Waals surface area contributed by atoms with Crippen LogP contribution in [0, 0.1) is 0 Å². The Hall–Kier alpha value is -3.52. The highest BCUT2D eigenvalue weighted by Gasteiger charge is 2.20. The van der Waals surface area contributed by atoms with E-state index in [1.165, 1.54) is 6.20 Å². The van der Waals surface area contributed by atoms with Gasteiger partial charge in [0.1, 0.15) is 5.02 Å². The van der Waals surface area contributed by atoms with Crippen LogP contribution in [0.25, 0.3) is 0 Å². The van der Waals surface area contributed by atoms with E-state index in [1.807, 2.05) is 31.2 Å². The number of anilines is 4. The van der Waals surface area contributed by atoms with Crippen LogP contribution in [0.2, 0.25) is 5.02 Å². The van der Waals surface area contributed by atoms with Crippen LogP contribution in [-0.2, 0) is 0 Å². The Balaban J connectivity index is 1.58. The highest BCUT2D eigenvalue weighted by Crippen LogP contribution is 2.37. The van der Waals surface area contributed by atoms with E-state index in [0.717, 1.165) is 5.69 Å². The van der Waals surface area contributed by atoms with E-state index in [1.54, 1.807) is 25.2 Å². The topological polar surface area (TPSA) is 97.4 Å². The summed E-state index contributed by atoms with van der Waals surface area (Å²) in [5.74, 6) is 1.82. The SMILES string of the molecule is CNC(=O)c1ccccc1Nc1nc(Nc2ccc3c(c2)OC(C)O3)ncc1Cl. The van der Waals surface area contributed by atoms with Gasteiger partial charge in [0.15, 0.2) is 17.3 Å². The van der Waals surface area contributed by atoms with Crippen molar-refractivity contribution in [3.05, 3.63) is 59.2 Å². The molecule has 0 radical (unpaired) electrons. The lowest BCUT2D eigenvalue weighted by Crippen LogP contribution is -2.19. The minimum atomic E-state index is -0.316. The zero-order valence-corrected chi connectivity index (χ0v) is 16.4. The molecule has 1 amide bonds. The number of aromatic nitrogens is 2. The molecule has 0 saturated carbocycles. The molecule has 9 heteroatoms. The van der Waals surface area contributed by atoms with Gasteiger partial charge in [-0.1, -0.05) is 23.7 Å². The summed E-state index contributed by atoms with van der Waals surface area (Å²) >= 11 is 6.26. The molecule has 3 aromatic rings. The van der Waals surface area contributed by atoms with Gasteiger partial charge in [-0.3, -0.25) is 4.79 Å². The first-order valence-corrected chi connectivity index (χ1v) is 9.26. The second-order valence-electron chi connectivity index (χ2n) is 6.23. The van der Waals surface area contributed by atoms with E-state index in [-0.39, 0.29) is 12.2 Å². The Morgan fingerprint density at radius 3 is 2.72 bits per heavy atom.